The second kappa shape index (κ2) is 5.33. The van der Waals surface area contributed by atoms with Crippen LogP contribution in [0.2, 0.25) is 5.02 Å². The molecule has 1 N–H and O–H groups in total. The second-order valence-corrected chi connectivity index (χ2v) is 5.52. The van der Waals surface area contributed by atoms with E-state index in [2.05, 4.69) is 5.32 Å². The number of barbiturate groups is 1. The van der Waals surface area contributed by atoms with Crippen molar-refractivity contribution in [1.29, 1.82) is 0 Å². The summed E-state index contributed by atoms with van der Waals surface area (Å²) in [7, 11) is 0. The van der Waals surface area contributed by atoms with Crippen LogP contribution >= 0.6 is 11.6 Å². The average molecular weight is 305 g/mol. The first-order chi connectivity index (χ1) is 10.1. The van der Waals surface area contributed by atoms with E-state index in [0.717, 1.165) is 0 Å². The minimum Gasteiger partial charge on any atom is -0.277 e. The number of nitrogens with zero attached hydrogens (tertiary/aromatic N) is 1. The van der Waals surface area contributed by atoms with Gasteiger partial charge in [0.2, 0.25) is 11.8 Å². The molecule has 1 heterocycles. The number of urea groups is 1. The van der Waals surface area contributed by atoms with Gasteiger partial charge < -0.3 is 0 Å². The summed E-state index contributed by atoms with van der Waals surface area (Å²) in [5.41, 5.74) is 0.533. The van der Waals surface area contributed by atoms with Gasteiger partial charge in [0.15, 0.2) is 0 Å². The minimum atomic E-state index is -0.999. The van der Waals surface area contributed by atoms with Crippen LogP contribution in [0.4, 0.5) is 4.79 Å². The highest BCUT2D eigenvalue weighted by atomic mass is 35.5. The summed E-state index contributed by atoms with van der Waals surface area (Å²) >= 11 is 5.82. The number of nitrogens with one attached hydrogen (secondary N) is 1. The molecule has 3 rings (SSSR count). The van der Waals surface area contributed by atoms with Gasteiger partial charge in [-0.05, 0) is 30.5 Å². The summed E-state index contributed by atoms with van der Waals surface area (Å²) in [6.45, 7) is 0. The Morgan fingerprint density at radius 3 is 2.29 bits per heavy atom. The number of carbonyl (C=O) groups excluding carboxylic acids is 3. The molecule has 1 aliphatic heterocycles. The molecule has 4 amide bonds. The number of benzene rings is 1. The minimum absolute atomic E-state index is 0.208. The van der Waals surface area contributed by atoms with Crippen LogP contribution < -0.4 is 5.32 Å². The highest BCUT2D eigenvalue weighted by Gasteiger charge is 2.44. The van der Waals surface area contributed by atoms with Gasteiger partial charge in [-0.1, -0.05) is 35.9 Å². The van der Waals surface area contributed by atoms with Gasteiger partial charge in [0.05, 0.1) is 0 Å². The van der Waals surface area contributed by atoms with Crippen LogP contribution in [0.5, 0.6) is 0 Å². The van der Waals surface area contributed by atoms with Gasteiger partial charge in [-0.2, -0.15) is 0 Å². The van der Waals surface area contributed by atoms with Gasteiger partial charge in [0, 0.05) is 11.1 Å². The smallest absolute Gasteiger partial charge is 0.277 e. The lowest BCUT2D eigenvalue weighted by molar-refractivity contribution is -0.140. The SMILES string of the molecule is O=C1NC(=O)N(C2CC=CC2)C(=O)C1c1ccc(Cl)cc1. The Labute approximate surface area is 126 Å². The maximum atomic E-state index is 12.6. The molecule has 21 heavy (non-hydrogen) atoms. The van der Waals surface area contributed by atoms with E-state index in [4.69, 9.17) is 11.6 Å². The summed E-state index contributed by atoms with van der Waals surface area (Å²) in [5.74, 6) is -2.06. The van der Waals surface area contributed by atoms with Gasteiger partial charge >= 0.3 is 6.03 Å². The van der Waals surface area contributed by atoms with Crippen molar-refractivity contribution in [1.82, 2.24) is 10.2 Å². The van der Waals surface area contributed by atoms with Crippen LogP contribution in [0.15, 0.2) is 36.4 Å². The summed E-state index contributed by atoms with van der Waals surface area (Å²) in [4.78, 5) is 37.8. The van der Waals surface area contributed by atoms with Crippen LogP contribution in [0.25, 0.3) is 0 Å². The molecule has 108 valence electrons. The number of carbonyl (C=O) groups is 3. The third kappa shape index (κ3) is 2.45. The van der Waals surface area contributed by atoms with Crippen molar-refractivity contribution in [3.05, 3.63) is 47.0 Å². The van der Waals surface area contributed by atoms with E-state index in [1.165, 1.54) is 4.90 Å². The highest BCUT2D eigenvalue weighted by molar-refractivity contribution is 6.30. The zero-order valence-corrected chi connectivity index (χ0v) is 11.8. The molecule has 6 heteroatoms. The number of amides is 4. The third-order valence-corrected chi connectivity index (χ3v) is 4.00. The molecule has 1 atom stereocenters. The Balaban J connectivity index is 1.92. The Hall–Kier alpha value is -2.14. The van der Waals surface area contributed by atoms with Gasteiger partial charge in [-0.15, -0.1) is 0 Å². The molecule has 0 aromatic heterocycles. The predicted octanol–water partition coefficient (Wildman–Crippen LogP) is 2.22. The number of rotatable bonds is 2. The normalized spacial score (nSPS) is 22.8. The van der Waals surface area contributed by atoms with E-state index < -0.39 is 23.8 Å². The summed E-state index contributed by atoms with van der Waals surface area (Å²) in [6.07, 6.45) is 5.11. The van der Waals surface area contributed by atoms with Gasteiger partial charge in [0.25, 0.3) is 0 Å². The molecule has 2 aliphatic rings. The Bertz CT molecular complexity index is 631. The van der Waals surface area contributed by atoms with Crippen molar-refractivity contribution in [2.75, 3.05) is 0 Å². The molecule has 1 aromatic rings. The summed E-state index contributed by atoms with van der Waals surface area (Å²) in [5, 5.41) is 2.79. The van der Waals surface area contributed by atoms with Crippen molar-refractivity contribution in [2.45, 2.75) is 24.8 Å². The average Bonchev–Trinajstić information content (AvgIpc) is 2.94. The fourth-order valence-corrected chi connectivity index (χ4v) is 2.82. The largest absolute Gasteiger partial charge is 0.331 e. The molecule has 0 radical (unpaired) electrons. The standard InChI is InChI=1S/C15H13ClN2O3/c16-10-7-5-9(6-8-10)12-13(19)17-15(21)18(14(12)20)11-3-1-2-4-11/h1-2,5-8,11-12H,3-4H2,(H,17,19,21). The van der Waals surface area contributed by atoms with E-state index in [1.54, 1.807) is 24.3 Å². The molecule has 1 unspecified atom stereocenters. The summed E-state index contributed by atoms with van der Waals surface area (Å²) in [6, 6.07) is 5.66. The Morgan fingerprint density at radius 1 is 1.05 bits per heavy atom. The fraction of sp³-hybridized carbons (Fsp3) is 0.267. The molecular weight excluding hydrogens is 292 g/mol. The predicted molar refractivity (Wildman–Crippen MR) is 76.7 cm³/mol. The lowest BCUT2D eigenvalue weighted by atomic mass is 9.94. The molecule has 1 saturated heterocycles. The van der Waals surface area contributed by atoms with E-state index in [1.807, 2.05) is 12.2 Å². The highest BCUT2D eigenvalue weighted by Crippen LogP contribution is 2.28. The molecule has 1 aromatic carbocycles. The second-order valence-electron chi connectivity index (χ2n) is 5.08. The van der Waals surface area contributed by atoms with Crippen molar-refractivity contribution >= 4 is 29.4 Å². The Morgan fingerprint density at radius 2 is 1.67 bits per heavy atom. The van der Waals surface area contributed by atoms with E-state index in [9.17, 15) is 14.4 Å². The Kier molecular flexibility index (Phi) is 3.51. The van der Waals surface area contributed by atoms with E-state index >= 15 is 0 Å². The van der Waals surface area contributed by atoms with Crippen LogP contribution in [0.1, 0.15) is 24.3 Å². The van der Waals surface area contributed by atoms with Gasteiger partial charge in [0.1, 0.15) is 5.92 Å². The maximum Gasteiger partial charge on any atom is 0.331 e. The number of hydrogen-bond acceptors (Lipinski definition) is 3. The van der Waals surface area contributed by atoms with E-state index in [-0.39, 0.29) is 6.04 Å². The molecule has 0 bridgehead atoms. The van der Waals surface area contributed by atoms with E-state index in [0.29, 0.717) is 23.4 Å². The van der Waals surface area contributed by atoms with Crippen molar-refractivity contribution < 1.29 is 14.4 Å². The van der Waals surface area contributed by atoms with Crippen molar-refractivity contribution in [3.63, 3.8) is 0 Å². The third-order valence-electron chi connectivity index (χ3n) is 3.75. The first kappa shape index (κ1) is 13.8. The topological polar surface area (TPSA) is 66.5 Å². The molecule has 1 aliphatic carbocycles. The quantitative estimate of drug-likeness (QED) is 0.673. The van der Waals surface area contributed by atoms with Gasteiger partial charge in [-0.3, -0.25) is 19.8 Å². The molecule has 0 spiro atoms. The number of hydrogen-bond donors (Lipinski definition) is 1. The number of halogens is 1. The fourth-order valence-electron chi connectivity index (χ4n) is 2.70. The monoisotopic (exact) mass is 304 g/mol. The van der Waals surface area contributed by atoms with Crippen LogP contribution in [0.3, 0.4) is 0 Å². The molecular formula is C15H13ClN2O3. The van der Waals surface area contributed by atoms with Crippen LogP contribution in [-0.4, -0.2) is 28.8 Å². The zero-order valence-electron chi connectivity index (χ0n) is 11.1. The number of imide groups is 2. The first-order valence-electron chi connectivity index (χ1n) is 6.66. The zero-order chi connectivity index (χ0) is 15.0. The lowest BCUT2D eigenvalue weighted by Gasteiger charge is -2.34. The van der Waals surface area contributed by atoms with Crippen molar-refractivity contribution in [2.24, 2.45) is 0 Å². The summed E-state index contributed by atoms with van der Waals surface area (Å²) < 4.78 is 0. The molecule has 1 fully saturated rings. The first-order valence-corrected chi connectivity index (χ1v) is 7.04. The molecule has 0 saturated carbocycles. The van der Waals surface area contributed by atoms with Gasteiger partial charge in [-0.25, -0.2) is 4.79 Å². The van der Waals surface area contributed by atoms with Crippen LogP contribution in [0, 0.1) is 0 Å². The lowest BCUT2D eigenvalue weighted by Crippen LogP contribution is -2.59. The maximum absolute atomic E-state index is 12.6. The van der Waals surface area contributed by atoms with Crippen LogP contribution in [-0.2, 0) is 9.59 Å². The molecule has 5 nitrogen and oxygen atoms in total. The van der Waals surface area contributed by atoms with Crippen molar-refractivity contribution in [3.8, 4) is 0 Å².